The zero-order chi connectivity index (χ0) is 10.6. The SMILES string of the molecule is CC(=O)OCC1CN(C(=O)O)CCO1. The fourth-order valence-electron chi connectivity index (χ4n) is 1.20. The van der Waals surface area contributed by atoms with Crippen molar-refractivity contribution >= 4 is 12.1 Å². The van der Waals surface area contributed by atoms with Gasteiger partial charge in [-0.15, -0.1) is 0 Å². The van der Waals surface area contributed by atoms with Crippen LogP contribution in [0.3, 0.4) is 0 Å². The number of rotatable bonds is 2. The summed E-state index contributed by atoms with van der Waals surface area (Å²) in [6, 6.07) is 0. The molecular formula is C8H13NO5. The summed E-state index contributed by atoms with van der Waals surface area (Å²) in [7, 11) is 0. The van der Waals surface area contributed by atoms with Crippen LogP contribution in [0, 0.1) is 0 Å². The lowest BCUT2D eigenvalue weighted by Crippen LogP contribution is -2.46. The molecule has 6 heteroatoms. The Balaban J connectivity index is 2.32. The minimum Gasteiger partial charge on any atom is -0.465 e. The van der Waals surface area contributed by atoms with Gasteiger partial charge in [0, 0.05) is 13.5 Å². The minimum atomic E-state index is -0.971. The first kappa shape index (κ1) is 10.8. The highest BCUT2D eigenvalue weighted by molar-refractivity contribution is 5.66. The van der Waals surface area contributed by atoms with Crippen LogP contribution >= 0.6 is 0 Å². The lowest BCUT2D eigenvalue weighted by atomic mass is 10.3. The van der Waals surface area contributed by atoms with Crippen LogP contribution in [-0.4, -0.2) is 54.5 Å². The first-order valence-electron chi connectivity index (χ1n) is 4.32. The topological polar surface area (TPSA) is 76.1 Å². The third-order valence-electron chi connectivity index (χ3n) is 1.88. The quantitative estimate of drug-likeness (QED) is 0.635. The number of hydrogen-bond acceptors (Lipinski definition) is 4. The van der Waals surface area contributed by atoms with E-state index in [-0.39, 0.29) is 25.2 Å². The van der Waals surface area contributed by atoms with Crippen LogP contribution in [-0.2, 0) is 14.3 Å². The number of carbonyl (C=O) groups excluding carboxylic acids is 1. The van der Waals surface area contributed by atoms with Gasteiger partial charge >= 0.3 is 12.1 Å². The maximum absolute atomic E-state index is 10.6. The van der Waals surface area contributed by atoms with Crippen molar-refractivity contribution in [1.29, 1.82) is 0 Å². The van der Waals surface area contributed by atoms with Crippen molar-refractivity contribution < 1.29 is 24.2 Å². The molecule has 1 saturated heterocycles. The summed E-state index contributed by atoms with van der Waals surface area (Å²) in [6.07, 6.45) is -1.31. The second-order valence-electron chi connectivity index (χ2n) is 3.02. The molecule has 0 aromatic heterocycles. The van der Waals surface area contributed by atoms with Crippen LogP contribution in [0.1, 0.15) is 6.92 Å². The summed E-state index contributed by atoms with van der Waals surface area (Å²) >= 11 is 0. The highest BCUT2D eigenvalue weighted by Crippen LogP contribution is 2.05. The van der Waals surface area contributed by atoms with E-state index in [1.54, 1.807) is 0 Å². The number of morpholine rings is 1. The molecule has 0 saturated carbocycles. The van der Waals surface area contributed by atoms with Gasteiger partial charge in [-0.25, -0.2) is 4.79 Å². The molecule has 0 aromatic rings. The Kier molecular flexibility index (Phi) is 3.70. The predicted octanol–water partition coefficient (Wildman–Crippen LogP) is -0.0717. The van der Waals surface area contributed by atoms with E-state index >= 15 is 0 Å². The van der Waals surface area contributed by atoms with Gasteiger partial charge in [-0.2, -0.15) is 0 Å². The van der Waals surface area contributed by atoms with E-state index < -0.39 is 6.09 Å². The van der Waals surface area contributed by atoms with Gasteiger partial charge in [-0.05, 0) is 0 Å². The third-order valence-corrected chi connectivity index (χ3v) is 1.88. The molecule has 0 bridgehead atoms. The van der Waals surface area contributed by atoms with Crippen molar-refractivity contribution in [2.75, 3.05) is 26.3 Å². The van der Waals surface area contributed by atoms with E-state index in [9.17, 15) is 9.59 Å². The van der Waals surface area contributed by atoms with Crippen molar-refractivity contribution in [3.8, 4) is 0 Å². The average Bonchev–Trinajstić information content (AvgIpc) is 2.15. The average molecular weight is 203 g/mol. The molecule has 14 heavy (non-hydrogen) atoms. The molecule has 1 N–H and O–H groups in total. The predicted molar refractivity (Wildman–Crippen MR) is 46.0 cm³/mol. The van der Waals surface area contributed by atoms with Gasteiger partial charge in [0.25, 0.3) is 0 Å². The molecule has 1 heterocycles. The van der Waals surface area contributed by atoms with Crippen LogP contribution in [0.4, 0.5) is 4.79 Å². The van der Waals surface area contributed by atoms with Crippen LogP contribution < -0.4 is 0 Å². The van der Waals surface area contributed by atoms with E-state index in [0.717, 1.165) is 0 Å². The number of ether oxygens (including phenoxy) is 2. The second kappa shape index (κ2) is 4.80. The standard InChI is InChI=1S/C8H13NO5/c1-6(10)14-5-7-4-9(8(11)12)2-3-13-7/h7H,2-5H2,1H3,(H,11,12). The maximum atomic E-state index is 10.6. The number of nitrogens with zero attached hydrogens (tertiary/aromatic N) is 1. The number of carbonyl (C=O) groups is 2. The van der Waals surface area contributed by atoms with Crippen molar-refractivity contribution in [2.45, 2.75) is 13.0 Å². The number of amides is 1. The Morgan fingerprint density at radius 2 is 2.36 bits per heavy atom. The van der Waals surface area contributed by atoms with Gasteiger partial charge in [0.15, 0.2) is 0 Å². The highest BCUT2D eigenvalue weighted by Gasteiger charge is 2.24. The fourth-order valence-corrected chi connectivity index (χ4v) is 1.20. The monoisotopic (exact) mass is 203 g/mol. The molecule has 1 amide bonds. The molecule has 1 rings (SSSR count). The van der Waals surface area contributed by atoms with E-state index in [1.807, 2.05) is 0 Å². The molecule has 1 aliphatic heterocycles. The zero-order valence-corrected chi connectivity index (χ0v) is 7.93. The third kappa shape index (κ3) is 3.21. The van der Waals surface area contributed by atoms with Gasteiger partial charge < -0.3 is 19.5 Å². The Hall–Kier alpha value is -1.30. The van der Waals surface area contributed by atoms with E-state index in [2.05, 4.69) is 0 Å². The van der Waals surface area contributed by atoms with Crippen LogP contribution in [0.5, 0.6) is 0 Å². The van der Waals surface area contributed by atoms with Gasteiger partial charge in [0.1, 0.15) is 12.7 Å². The summed E-state index contributed by atoms with van der Waals surface area (Å²) in [5.41, 5.74) is 0. The number of carboxylic acid groups (broad SMARTS) is 1. The Morgan fingerprint density at radius 3 is 2.93 bits per heavy atom. The lowest BCUT2D eigenvalue weighted by Gasteiger charge is -2.30. The Bertz CT molecular complexity index is 230. The molecule has 1 aliphatic rings. The van der Waals surface area contributed by atoms with Gasteiger partial charge in [0.2, 0.25) is 0 Å². The zero-order valence-electron chi connectivity index (χ0n) is 7.93. The van der Waals surface area contributed by atoms with Gasteiger partial charge in [0.05, 0.1) is 13.2 Å². The molecule has 6 nitrogen and oxygen atoms in total. The summed E-state index contributed by atoms with van der Waals surface area (Å²) in [4.78, 5) is 22.3. The Labute approximate surface area is 81.4 Å². The highest BCUT2D eigenvalue weighted by atomic mass is 16.6. The first-order chi connectivity index (χ1) is 6.59. The molecule has 1 fully saturated rings. The number of hydrogen-bond donors (Lipinski definition) is 1. The normalized spacial score (nSPS) is 21.8. The van der Waals surface area contributed by atoms with Crippen LogP contribution in [0.25, 0.3) is 0 Å². The van der Waals surface area contributed by atoms with Crippen molar-refractivity contribution in [3.63, 3.8) is 0 Å². The van der Waals surface area contributed by atoms with E-state index in [1.165, 1.54) is 11.8 Å². The van der Waals surface area contributed by atoms with Gasteiger partial charge in [-0.1, -0.05) is 0 Å². The van der Waals surface area contributed by atoms with Crippen LogP contribution in [0.15, 0.2) is 0 Å². The van der Waals surface area contributed by atoms with Crippen molar-refractivity contribution in [2.24, 2.45) is 0 Å². The first-order valence-corrected chi connectivity index (χ1v) is 4.32. The van der Waals surface area contributed by atoms with E-state index in [0.29, 0.717) is 13.2 Å². The van der Waals surface area contributed by atoms with E-state index in [4.69, 9.17) is 14.6 Å². The lowest BCUT2D eigenvalue weighted by molar-refractivity contribution is -0.147. The minimum absolute atomic E-state index is 0.110. The maximum Gasteiger partial charge on any atom is 0.407 e. The van der Waals surface area contributed by atoms with Crippen LogP contribution in [0.2, 0.25) is 0 Å². The molecule has 0 radical (unpaired) electrons. The molecule has 0 aromatic carbocycles. The molecule has 80 valence electrons. The molecule has 1 atom stereocenters. The molecule has 0 spiro atoms. The fraction of sp³-hybridized carbons (Fsp3) is 0.750. The summed E-state index contributed by atoms with van der Waals surface area (Å²) in [5, 5.41) is 8.70. The second-order valence-corrected chi connectivity index (χ2v) is 3.02. The molecular weight excluding hydrogens is 190 g/mol. The number of esters is 1. The summed E-state index contributed by atoms with van der Waals surface area (Å²) < 4.78 is 9.95. The smallest absolute Gasteiger partial charge is 0.407 e. The summed E-state index contributed by atoms with van der Waals surface area (Å²) in [6.45, 7) is 2.38. The molecule has 0 aliphatic carbocycles. The van der Waals surface area contributed by atoms with Crippen molar-refractivity contribution in [3.05, 3.63) is 0 Å². The Morgan fingerprint density at radius 1 is 1.64 bits per heavy atom. The summed E-state index contributed by atoms with van der Waals surface area (Å²) in [5.74, 6) is -0.388. The van der Waals surface area contributed by atoms with Crippen molar-refractivity contribution in [1.82, 2.24) is 4.90 Å². The largest absolute Gasteiger partial charge is 0.465 e. The van der Waals surface area contributed by atoms with Gasteiger partial charge in [-0.3, -0.25) is 4.79 Å². The molecule has 1 unspecified atom stereocenters.